The van der Waals surface area contributed by atoms with E-state index in [-0.39, 0.29) is 29.2 Å². The topological polar surface area (TPSA) is 60.2 Å². The highest BCUT2D eigenvalue weighted by molar-refractivity contribution is 7.92. The van der Waals surface area contributed by atoms with E-state index in [1.807, 2.05) is 0 Å². The first kappa shape index (κ1) is 19.3. The first-order valence-electron chi connectivity index (χ1n) is 8.46. The second-order valence-corrected chi connectivity index (χ2v) is 9.45. The average molecular weight is 400 g/mol. The summed E-state index contributed by atoms with van der Waals surface area (Å²) in [5, 5.41) is 0.404. The lowest BCUT2D eigenvalue weighted by molar-refractivity contribution is 0.291. The Hall–Kier alpha value is -1.50. The predicted molar refractivity (Wildman–Crippen MR) is 97.7 cm³/mol. The standard InChI is InChI=1S/C19H20ClF2NO2S/c20-14-1-4-16(5-2-14)26(24,25)19(9-7-13(12-23)8-10-19)17-11-15(21)3-6-18(17)22/h1-6,11,13H,7-10,12,23H2. The van der Waals surface area contributed by atoms with Crippen LogP contribution in [-0.2, 0) is 14.6 Å². The minimum Gasteiger partial charge on any atom is -0.330 e. The molecule has 1 saturated carbocycles. The van der Waals surface area contributed by atoms with Gasteiger partial charge in [0.2, 0.25) is 0 Å². The molecule has 1 aliphatic carbocycles. The highest BCUT2D eigenvalue weighted by atomic mass is 35.5. The van der Waals surface area contributed by atoms with Crippen LogP contribution in [-0.4, -0.2) is 15.0 Å². The molecule has 0 aromatic heterocycles. The van der Waals surface area contributed by atoms with E-state index in [0.29, 0.717) is 24.4 Å². The van der Waals surface area contributed by atoms with Gasteiger partial charge >= 0.3 is 0 Å². The molecule has 7 heteroatoms. The number of hydrogen-bond donors (Lipinski definition) is 1. The number of rotatable bonds is 4. The summed E-state index contributed by atoms with van der Waals surface area (Å²) in [6, 6.07) is 8.76. The molecule has 0 unspecified atom stereocenters. The maximum Gasteiger partial charge on any atom is 0.188 e. The smallest absolute Gasteiger partial charge is 0.188 e. The lowest BCUT2D eigenvalue weighted by atomic mass is 9.77. The Bertz CT molecular complexity index is 892. The number of halogens is 3. The fourth-order valence-corrected chi connectivity index (χ4v) is 6.04. The summed E-state index contributed by atoms with van der Waals surface area (Å²) < 4.78 is 54.0. The van der Waals surface area contributed by atoms with Crippen molar-refractivity contribution in [2.75, 3.05) is 6.54 Å². The summed E-state index contributed by atoms with van der Waals surface area (Å²) in [7, 11) is -3.97. The molecule has 3 nitrogen and oxygen atoms in total. The molecule has 3 rings (SSSR count). The maximum absolute atomic E-state index is 14.6. The van der Waals surface area contributed by atoms with Gasteiger partial charge in [0, 0.05) is 10.6 Å². The highest BCUT2D eigenvalue weighted by Gasteiger charge is 2.49. The quantitative estimate of drug-likeness (QED) is 0.826. The summed E-state index contributed by atoms with van der Waals surface area (Å²) >= 11 is 5.86. The lowest BCUT2D eigenvalue weighted by Gasteiger charge is -2.40. The largest absolute Gasteiger partial charge is 0.330 e. The van der Waals surface area contributed by atoms with Crippen LogP contribution in [0, 0.1) is 17.6 Å². The Morgan fingerprint density at radius 3 is 2.27 bits per heavy atom. The lowest BCUT2D eigenvalue weighted by Crippen LogP contribution is -2.41. The van der Waals surface area contributed by atoms with Crippen LogP contribution in [0.3, 0.4) is 0 Å². The van der Waals surface area contributed by atoms with E-state index in [0.717, 1.165) is 18.2 Å². The Kier molecular flexibility index (Phi) is 5.37. The van der Waals surface area contributed by atoms with E-state index in [1.54, 1.807) is 0 Å². The third-order valence-electron chi connectivity index (χ3n) is 5.30. The van der Waals surface area contributed by atoms with Gasteiger partial charge in [0.15, 0.2) is 9.84 Å². The molecule has 1 aliphatic rings. The van der Waals surface area contributed by atoms with Crippen molar-refractivity contribution in [1.29, 1.82) is 0 Å². The summed E-state index contributed by atoms with van der Waals surface area (Å²) in [6.45, 7) is 0.447. The van der Waals surface area contributed by atoms with Crippen LogP contribution in [0.25, 0.3) is 0 Å². The second kappa shape index (κ2) is 7.25. The van der Waals surface area contributed by atoms with Crippen LogP contribution in [0.2, 0.25) is 5.02 Å². The Morgan fingerprint density at radius 1 is 1.08 bits per heavy atom. The van der Waals surface area contributed by atoms with Crippen molar-refractivity contribution in [3.05, 3.63) is 64.7 Å². The fourth-order valence-electron chi connectivity index (χ4n) is 3.75. The van der Waals surface area contributed by atoms with Crippen LogP contribution in [0.15, 0.2) is 47.4 Å². The molecule has 1 fully saturated rings. The van der Waals surface area contributed by atoms with E-state index in [4.69, 9.17) is 17.3 Å². The fraction of sp³-hybridized carbons (Fsp3) is 0.368. The monoisotopic (exact) mass is 399 g/mol. The number of nitrogens with two attached hydrogens (primary N) is 1. The molecular formula is C19H20ClF2NO2S. The summed E-state index contributed by atoms with van der Waals surface area (Å²) in [4.78, 5) is 0.0526. The zero-order valence-electron chi connectivity index (χ0n) is 14.1. The molecule has 2 N–H and O–H groups in total. The number of benzene rings is 2. The summed E-state index contributed by atoms with van der Waals surface area (Å²) in [6.07, 6.45) is 1.47. The summed E-state index contributed by atoms with van der Waals surface area (Å²) in [5.74, 6) is -1.19. The van der Waals surface area contributed by atoms with E-state index in [2.05, 4.69) is 0 Å². The average Bonchev–Trinajstić information content (AvgIpc) is 2.64. The highest BCUT2D eigenvalue weighted by Crippen LogP contribution is 2.49. The number of sulfone groups is 1. The van der Waals surface area contributed by atoms with Gasteiger partial charge < -0.3 is 5.73 Å². The molecule has 0 radical (unpaired) electrons. The van der Waals surface area contributed by atoms with Crippen molar-refractivity contribution in [2.45, 2.75) is 35.3 Å². The molecule has 0 bridgehead atoms. The molecule has 2 aromatic carbocycles. The molecular weight excluding hydrogens is 380 g/mol. The van der Waals surface area contributed by atoms with Crippen LogP contribution in [0.1, 0.15) is 31.2 Å². The molecule has 0 aliphatic heterocycles. The third kappa shape index (κ3) is 3.26. The van der Waals surface area contributed by atoms with Crippen LogP contribution < -0.4 is 5.73 Å². The van der Waals surface area contributed by atoms with Gasteiger partial charge in [-0.05, 0) is 80.6 Å². The van der Waals surface area contributed by atoms with Gasteiger partial charge in [-0.1, -0.05) is 11.6 Å². The van der Waals surface area contributed by atoms with Crippen molar-refractivity contribution in [2.24, 2.45) is 11.7 Å². The Balaban J connectivity index is 2.18. The normalized spacial score (nSPS) is 23.8. The van der Waals surface area contributed by atoms with E-state index in [1.165, 1.54) is 24.3 Å². The van der Waals surface area contributed by atoms with Crippen LogP contribution in [0.4, 0.5) is 8.78 Å². The molecule has 140 valence electrons. The van der Waals surface area contributed by atoms with Crippen molar-refractivity contribution < 1.29 is 17.2 Å². The van der Waals surface area contributed by atoms with E-state index >= 15 is 0 Å². The molecule has 0 saturated heterocycles. The minimum atomic E-state index is -3.97. The van der Waals surface area contributed by atoms with Gasteiger partial charge in [-0.2, -0.15) is 0 Å². The number of hydrogen-bond acceptors (Lipinski definition) is 3. The van der Waals surface area contributed by atoms with Gasteiger partial charge in [0.1, 0.15) is 16.4 Å². The van der Waals surface area contributed by atoms with Gasteiger partial charge in [-0.25, -0.2) is 17.2 Å². The third-order valence-corrected chi connectivity index (χ3v) is 8.11. The van der Waals surface area contributed by atoms with Gasteiger partial charge in [0.25, 0.3) is 0 Å². The first-order chi connectivity index (χ1) is 12.3. The second-order valence-electron chi connectivity index (χ2n) is 6.75. The Labute approximate surface area is 157 Å². The first-order valence-corrected chi connectivity index (χ1v) is 10.3. The summed E-state index contributed by atoms with van der Waals surface area (Å²) in [5.41, 5.74) is 5.61. The van der Waals surface area contributed by atoms with Gasteiger partial charge in [-0.3, -0.25) is 0 Å². The molecule has 0 amide bonds. The Morgan fingerprint density at radius 2 is 1.69 bits per heavy atom. The van der Waals surface area contributed by atoms with Crippen molar-refractivity contribution in [3.63, 3.8) is 0 Å². The maximum atomic E-state index is 14.6. The van der Waals surface area contributed by atoms with Crippen molar-refractivity contribution in [1.82, 2.24) is 0 Å². The van der Waals surface area contributed by atoms with E-state index < -0.39 is 26.2 Å². The predicted octanol–water partition coefficient (Wildman–Crippen LogP) is 4.44. The molecule has 0 spiro atoms. The van der Waals surface area contributed by atoms with Crippen LogP contribution >= 0.6 is 11.6 Å². The van der Waals surface area contributed by atoms with Gasteiger partial charge in [0.05, 0.1) is 4.90 Å². The zero-order chi connectivity index (χ0) is 18.9. The SMILES string of the molecule is NCC1CCC(c2cc(F)ccc2F)(S(=O)(=O)c2ccc(Cl)cc2)CC1. The molecule has 0 atom stereocenters. The van der Waals surface area contributed by atoms with E-state index in [9.17, 15) is 17.2 Å². The van der Waals surface area contributed by atoms with Crippen LogP contribution in [0.5, 0.6) is 0 Å². The van der Waals surface area contributed by atoms with Crippen molar-refractivity contribution in [3.8, 4) is 0 Å². The van der Waals surface area contributed by atoms with Gasteiger partial charge in [-0.15, -0.1) is 0 Å². The minimum absolute atomic E-state index is 0.0526. The molecule has 26 heavy (non-hydrogen) atoms. The molecule has 2 aromatic rings. The van der Waals surface area contributed by atoms with Crippen molar-refractivity contribution >= 4 is 21.4 Å². The zero-order valence-corrected chi connectivity index (χ0v) is 15.7. The molecule has 0 heterocycles.